The Bertz CT molecular complexity index is 660. The number of carbonyl (C=O) groups is 4. The first-order valence-corrected chi connectivity index (χ1v) is 11.5. The van der Waals surface area contributed by atoms with E-state index in [-0.39, 0.29) is 29.7 Å². The molecule has 9 heteroatoms. The Morgan fingerprint density at radius 3 is 2.10 bits per heavy atom. The Morgan fingerprint density at radius 2 is 1.55 bits per heavy atom. The van der Waals surface area contributed by atoms with Crippen molar-refractivity contribution in [2.24, 2.45) is 11.8 Å². The summed E-state index contributed by atoms with van der Waals surface area (Å²) in [6, 6.07) is -2.68. The second-order valence-corrected chi connectivity index (χ2v) is 9.56. The maximum atomic E-state index is 13.3. The molecule has 2 rings (SSSR count). The minimum Gasteiger partial charge on any atom is -0.480 e. The van der Waals surface area contributed by atoms with Gasteiger partial charge in [0.1, 0.15) is 18.1 Å². The first-order chi connectivity index (χ1) is 14.6. The fourth-order valence-corrected chi connectivity index (χ4v) is 4.34. The molecule has 0 saturated carbocycles. The highest BCUT2D eigenvalue weighted by molar-refractivity contribution is 5.94. The summed E-state index contributed by atoms with van der Waals surface area (Å²) in [6.07, 6.45) is 3.62. The Hall–Kier alpha value is -2.16. The minimum absolute atomic E-state index is 0.109. The lowest BCUT2D eigenvalue weighted by Gasteiger charge is -2.30. The SMILES string of the molecule is CC(C)CC(NC(=O)C1CCCN1C(=O)C(CC(C)C)NC(=O)C1CCCN1)C(=O)O. The third-order valence-electron chi connectivity index (χ3n) is 5.86. The smallest absolute Gasteiger partial charge is 0.326 e. The number of rotatable bonds is 10. The number of carboxylic acid groups (broad SMARTS) is 1. The monoisotopic (exact) mass is 438 g/mol. The molecule has 2 saturated heterocycles. The van der Waals surface area contributed by atoms with Gasteiger partial charge in [-0.25, -0.2) is 4.79 Å². The van der Waals surface area contributed by atoms with Gasteiger partial charge in [0.2, 0.25) is 17.7 Å². The van der Waals surface area contributed by atoms with Crippen molar-refractivity contribution in [2.45, 2.75) is 90.4 Å². The van der Waals surface area contributed by atoms with E-state index in [2.05, 4.69) is 16.0 Å². The van der Waals surface area contributed by atoms with Crippen molar-refractivity contribution >= 4 is 23.7 Å². The lowest BCUT2D eigenvalue weighted by atomic mass is 10.0. The zero-order valence-electron chi connectivity index (χ0n) is 19.1. The molecule has 2 heterocycles. The summed E-state index contributed by atoms with van der Waals surface area (Å²) in [5.74, 6) is -1.67. The molecule has 2 aliphatic heterocycles. The van der Waals surface area contributed by atoms with Crippen LogP contribution in [0.25, 0.3) is 0 Å². The molecule has 0 bridgehead atoms. The van der Waals surface area contributed by atoms with Crippen LogP contribution in [0.4, 0.5) is 0 Å². The summed E-state index contributed by atoms with van der Waals surface area (Å²) in [7, 11) is 0. The Labute approximate surface area is 184 Å². The number of carboxylic acids is 1. The molecule has 176 valence electrons. The van der Waals surface area contributed by atoms with E-state index in [9.17, 15) is 24.3 Å². The Morgan fingerprint density at radius 1 is 0.935 bits per heavy atom. The zero-order valence-corrected chi connectivity index (χ0v) is 19.1. The van der Waals surface area contributed by atoms with Crippen molar-refractivity contribution in [3.63, 3.8) is 0 Å². The second kappa shape index (κ2) is 11.5. The summed E-state index contributed by atoms with van der Waals surface area (Å²) in [4.78, 5) is 51.9. The van der Waals surface area contributed by atoms with Crippen molar-refractivity contribution in [2.75, 3.05) is 13.1 Å². The molecule has 2 aliphatic rings. The van der Waals surface area contributed by atoms with Gasteiger partial charge in [0, 0.05) is 6.54 Å². The quantitative estimate of drug-likeness (QED) is 0.401. The van der Waals surface area contributed by atoms with E-state index >= 15 is 0 Å². The van der Waals surface area contributed by atoms with Gasteiger partial charge in [-0.1, -0.05) is 27.7 Å². The van der Waals surface area contributed by atoms with E-state index in [0.717, 1.165) is 19.4 Å². The Balaban J connectivity index is 2.08. The standard InChI is InChI=1S/C22H38N4O5/c1-13(2)11-16(24-19(27)15-7-5-9-23-15)21(29)26-10-6-8-18(26)20(28)25-17(22(30)31)12-14(3)4/h13-18,23H,5-12H2,1-4H3,(H,24,27)(H,25,28)(H,30,31). The molecule has 4 atom stereocenters. The minimum atomic E-state index is -1.08. The van der Waals surface area contributed by atoms with Crippen LogP contribution in [-0.2, 0) is 19.2 Å². The third-order valence-corrected chi connectivity index (χ3v) is 5.86. The molecule has 0 aromatic carbocycles. The summed E-state index contributed by atoms with van der Waals surface area (Å²) < 4.78 is 0. The molecule has 0 aromatic rings. The van der Waals surface area contributed by atoms with Gasteiger partial charge in [-0.15, -0.1) is 0 Å². The highest BCUT2D eigenvalue weighted by Gasteiger charge is 2.39. The topological polar surface area (TPSA) is 128 Å². The number of amides is 3. The number of hydrogen-bond acceptors (Lipinski definition) is 5. The van der Waals surface area contributed by atoms with E-state index < -0.39 is 30.0 Å². The van der Waals surface area contributed by atoms with Gasteiger partial charge in [-0.3, -0.25) is 14.4 Å². The van der Waals surface area contributed by atoms with Crippen molar-refractivity contribution in [3.05, 3.63) is 0 Å². The fraction of sp³-hybridized carbons (Fsp3) is 0.818. The largest absolute Gasteiger partial charge is 0.480 e. The molecule has 0 aliphatic carbocycles. The molecule has 4 unspecified atom stereocenters. The van der Waals surface area contributed by atoms with Crippen molar-refractivity contribution < 1.29 is 24.3 Å². The van der Waals surface area contributed by atoms with E-state index in [1.54, 1.807) is 0 Å². The van der Waals surface area contributed by atoms with E-state index in [0.29, 0.717) is 32.2 Å². The predicted octanol–water partition coefficient (Wildman–Crippen LogP) is 0.876. The number of aliphatic carboxylic acids is 1. The van der Waals surface area contributed by atoms with Crippen LogP contribution in [0.2, 0.25) is 0 Å². The summed E-state index contributed by atoms with van der Waals surface area (Å²) in [5.41, 5.74) is 0. The van der Waals surface area contributed by atoms with Crippen molar-refractivity contribution in [1.82, 2.24) is 20.9 Å². The molecule has 0 radical (unpaired) electrons. The highest BCUT2D eigenvalue weighted by atomic mass is 16.4. The number of hydrogen-bond donors (Lipinski definition) is 4. The van der Waals surface area contributed by atoms with Crippen molar-refractivity contribution in [1.29, 1.82) is 0 Å². The fourth-order valence-electron chi connectivity index (χ4n) is 4.34. The van der Waals surface area contributed by atoms with Crippen LogP contribution in [0.5, 0.6) is 0 Å². The number of nitrogens with one attached hydrogen (secondary N) is 3. The average molecular weight is 439 g/mol. The van der Waals surface area contributed by atoms with Gasteiger partial charge in [0.25, 0.3) is 0 Å². The molecule has 2 fully saturated rings. The van der Waals surface area contributed by atoms with Crippen molar-refractivity contribution in [3.8, 4) is 0 Å². The Kier molecular flexibility index (Phi) is 9.28. The predicted molar refractivity (Wildman–Crippen MR) is 116 cm³/mol. The van der Waals surface area contributed by atoms with Crippen LogP contribution >= 0.6 is 0 Å². The van der Waals surface area contributed by atoms with Crippen LogP contribution in [0.15, 0.2) is 0 Å². The molecule has 0 aromatic heterocycles. The third kappa shape index (κ3) is 7.19. The molecule has 0 spiro atoms. The molecule has 31 heavy (non-hydrogen) atoms. The van der Waals surface area contributed by atoms with Gasteiger partial charge < -0.3 is 26.0 Å². The van der Waals surface area contributed by atoms with Crippen LogP contribution in [0, 0.1) is 11.8 Å². The molecule has 9 nitrogen and oxygen atoms in total. The van der Waals surface area contributed by atoms with Crippen LogP contribution in [-0.4, -0.2) is 71.0 Å². The van der Waals surface area contributed by atoms with Gasteiger partial charge >= 0.3 is 5.97 Å². The first kappa shape index (κ1) is 25.1. The van der Waals surface area contributed by atoms with Gasteiger partial charge in [0.15, 0.2) is 0 Å². The lowest BCUT2D eigenvalue weighted by molar-refractivity contribution is -0.145. The molecule has 4 N–H and O–H groups in total. The normalized spacial score (nSPS) is 23.1. The highest BCUT2D eigenvalue weighted by Crippen LogP contribution is 2.21. The molecular weight excluding hydrogens is 400 g/mol. The summed E-state index contributed by atoms with van der Waals surface area (Å²) in [5, 5.41) is 18.1. The number of likely N-dealkylation sites (tertiary alicyclic amines) is 1. The zero-order chi connectivity index (χ0) is 23.1. The molecule has 3 amide bonds. The van der Waals surface area contributed by atoms with Crippen LogP contribution in [0.1, 0.15) is 66.2 Å². The van der Waals surface area contributed by atoms with Crippen LogP contribution < -0.4 is 16.0 Å². The van der Waals surface area contributed by atoms with E-state index in [4.69, 9.17) is 0 Å². The van der Waals surface area contributed by atoms with Gasteiger partial charge in [-0.05, 0) is 56.9 Å². The van der Waals surface area contributed by atoms with Crippen LogP contribution in [0.3, 0.4) is 0 Å². The number of carbonyl (C=O) groups excluding carboxylic acids is 3. The molecular formula is C22H38N4O5. The summed E-state index contributed by atoms with van der Waals surface area (Å²) in [6.45, 7) is 8.97. The van der Waals surface area contributed by atoms with Gasteiger partial charge in [-0.2, -0.15) is 0 Å². The van der Waals surface area contributed by atoms with E-state index in [1.165, 1.54) is 4.90 Å². The maximum Gasteiger partial charge on any atom is 0.326 e. The lowest BCUT2D eigenvalue weighted by Crippen LogP contribution is -2.57. The average Bonchev–Trinajstić information content (AvgIpc) is 3.37. The summed E-state index contributed by atoms with van der Waals surface area (Å²) >= 11 is 0. The second-order valence-electron chi connectivity index (χ2n) is 9.56. The number of nitrogens with zero attached hydrogens (tertiary/aromatic N) is 1. The van der Waals surface area contributed by atoms with E-state index in [1.807, 2.05) is 27.7 Å². The maximum absolute atomic E-state index is 13.3. The van der Waals surface area contributed by atoms with Gasteiger partial charge in [0.05, 0.1) is 6.04 Å². The first-order valence-electron chi connectivity index (χ1n) is 11.5.